The van der Waals surface area contributed by atoms with Gasteiger partial charge in [-0.15, -0.1) is 12.6 Å². The van der Waals surface area contributed by atoms with Gasteiger partial charge in [-0.25, -0.2) is 0 Å². The molecular weight excluding hydrogens is 436 g/mol. The summed E-state index contributed by atoms with van der Waals surface area (Å²) in [7, 11) is 0. The maximum atomic E-state index is 12.3. The third-order valence-electron chi connectivity index (χ3n) is 3.64. The third-order valence-corrected chi connectivity index (χ3v) is 3.64. The molecule has 0 aromatic rings. The standard InChI is InChI=1S/C14H26N6O4.C2H4O2.Cu/c15-4-2-1-3-10(14(23)24)20-13(22)11(19-12(21)6-16)5-9-7-17-8-18-9;1-2(3)4;/h9-11,16-17H,1-8,15H2,(H3,19,20,21,22,23,24);1H3,(H,3,4);/q-2;;+2/p-2/t9?,10-,11-;;/m0../s1. The maximum absolute atomic E-state index is 12.3. The summed E-state index contributed by atoms with van der Waals surface area (Å²) < 4.78 is 0. The van der Waals surface area contributed by atoms with Gasteiger partial charge in [-0.1, -0.05) is 13.1 Å². The van der Waals surface area contributed by atoms with Crippen LogP contribution in [0.2, 0.25) is 0 Å². The van der Waals surface area contributed by atoms with Crippen LogP contribution < -0.4 is 21.5 Å². The predicted octanol–water partition coefficient (Wildman–Crippen LogP) is -1.55. The first-order chi connectivity index (χ1) is 13.2. The Hall–Kier alpha value is -1.76. The normalized spacial score (nSPS) is 17.0. The number of nitrogens with zero attached hydrogens (tertiary/aromatic N) is 2. The van der Waals surface area contributed by atoms with Crippen molar-refractivity contribution < 1.29 is 46.5 Å². The molecule has 0 aromatic heterocycles. The summed E-state index contributed by atoms with van der Waals surface area (Å²) in [6.45, 7) is 1.98. The van der Waals surface area contributed by atoms with Gasteiger partial charge in [0, 0.05) is 12.8 Å². The molecule has 1 rings (SSSR count). The summed E-state index contributed by atoms with van der Waals surface area (Å²) in [6.07, 6.45) is 1.55. The Morgan fingerprint density at radius 1 is 1.38 bits per heavy atom. The largest absolute Gasteiger partial charge is 2.00 e. The van der Waals surface area contributed by atoms with E-state index in [-0.39, 0.29) is 36.0 Å². The SMILES string of the molecule is CC(=O)O.[Cu+2].[NH-]CC(=O)[N-][C@@H](CC1CNC[N-]1)C(=O)N[C@@H](CCCCN)C(=O)[O-]. The van der Waals surface area contributed by atoms with Crippen molar-refractivity contribution in [1.29, 1.82) is 0 Å². The van der Waals surface area contributed by atoms with Crippen LogP contribution in [0.3, 0.4) is 0 Å². The van der Waals surface area contributed by atoms with Crippen molar-refractivity contribution in [3.8, 4) is 0 Å². The van der Waals surface area contributed by atoms with E-state index in [0.717, 1.165) is 6.92 Å². The number of amides is 2. The van der Waals surface area contributed by atoms with Gasteiger partial charge < -0.3 is 52.5 Å². The quantitative estimate of drug-likeness (QED) is 0.207. The first-order valence-corrected chi connectivity index (χ1v) is 8.87. The molecule has 1 saturated heterocycles. The summed E-state index contributed by atoms with van der Waals surface area (Å²) >= 11 is 0. The number of hydrogen-bond donors (Lipinski definition) is 4. The fourth-order valence-corrected chi connectivity index (χ4v) is 2.35. The fourth-order valence-electron chi connectivity index (χ4n) is 2.35. The van der Waals surface area contributed by atoms with Crippen LogP contribution >= 0.6 is 0 Å². The van der Waals surface area contributed by atoms with Crippen LogP contribution in [0.4, 0.5) is 0 Å². The molecule has 1 aliphatic rings. The zero-order valence-electron chi connectivity index (χ0n) is 16.2. The van der Waals surface area contributed by atoms with Crippen molar-refractivity contribution in [2.24, 2.45) is 5.73 Å². The van der Waals surface area contributed by atoms with Gasteiger partial charge in [0.2, 0.25) is 5.91 Å². The molecule has 1 unspecified atom stereocenters. The van der Waals surface area contributed by atoms with Crippen molar-refractivity contribution in [3.63, 3.8) is 0 Å². The first kappa shape index (κ1) is 29.4. The molecule has 6 N–H and O–H groups in total. The zero-order valence-corrected chi connectivity index (χ0v) is 17.1. The number of rotatable bonds is 11. The summed E-state index contributed by atoms with van der Waals surface area (Å²) in [6, 6.07) is -2.40. The average Bonchev–Trinajstić information content (AvgIpc) is 3.12. The molecular formula is C16H28CuN6O6-2. The summed E-state index contributed by atoms with van der Waals surface area (Å²) in [5.74, 6) is -3.62. The van der Waals surface area contributed by atoms with Gasteiger partial charge in [-0.05, 0) is 38.4 Å². The number of unbranched alkanes of at least 4 members (excludes halogenated alkanes) is 1. The van der Waals surface area contributed by atoms with Crippen LogP contribution in [0.25, 0.3) is 16.4 Å². The van der Waals surface area contributed by atoms with E-state index in [1.807, 2.05) is 0 Å². The van der Waals surface area contributed by atoms with E-state index in [1.165, 1.54) is 0 Å². The number of nitrogens with one attached hydrogen (secondary N) is 3. The van der Waals surface area contributed by atoms with Crippen molar-refractivity contribution in [3.05, 3.63) is 16.4 Å². The zero-order chi connectivity index (χ0) is 21.5. The number of carboxylic acids is 2. The number of carbonyl (C=O) groups excluding carboxylic acids is 3. The summed E-state index contributed by atoms with van der Waals surface area (Å²) in [4.78, 5) is 43.9. The molecule has 171 valence electrons. The number of nitrogens with two attached hydrogens (primary N) is 1. The third kappa shape index (κ3) is 14.8. The number of carbonyl (C=O) groups is 4. The molecule has 2 amide bonds. The molecule has 0 bridgehead atoms. The van der Waals surface area contributed by atoms with Crippen molar-refractivity contribution in [1.82, 2.24) is 10.6 Å². The molecule has 0 aromatic carbocycles. The Labute approximate surface area is 180 Å². The predicted molar refractivity (Wildman–Crippen MR) is 99.1 cm³/mol. The fraction of sp³-hybridized carbons (Fsp3) is 0.750. The van der Waals surface area contributed by atoms with E-state index in [2.05, 4.69) is 21.3 Å². The Morgan fingerprint density at radius 3 is 2.45 bits per heavy atom. The van der Waals surface area contributed by atoms with Gasteiger partial charge in [0.05, 0.1) is 12.0 Å². The number of carboxylic acid groups (broad SMARTS) is 2. The Morgan fingerprint density at radius 2 is 2.00 bits per heavy atom. The minimum atomic E-state index is -1.39. The van der Waals surface area contributed by atoms with E-state index in [1.54, 1.807) is 0 Å². The van der Waals surface area contributed by atoms with E-state index >= 15 is 0 Å². The second-order valence-corrected chi connectivity index (χ2v) is 6.08. The van der Waals surface area contributed by atoms with E-state index in [0.29, 0.717) is 32.6 Å². The molecule has 1 fully saturated rings. The van der Waals surface area contributed by atoms with E-state index in [9.17, 15) is 19.5 Å². The molecule has 12 nitrogen and oxygen atoms in total. The molecule has 29 heavy (non-hydrogen) atoms. The Bertz CT molecular complexity index is 514. The van der Waals surface area contributed by atoms with Crippen LogP contribution in [-0.2, 0) is 36.2 Å². The Balaban J connectivity index is 0. The molecule has 1 aliphatic heterocycles. The van der Waals surface area contributed by atoms with Gasteiger partial charge in [0.15, 0.2) is 0 Å². The number of hydrogen-bond acceptors (Lipinski definition) is 7. The minimum absolute atomic E-state index is 0. The first-order valence-electron chi connectivity index (χ1n) is 8.87. The average molecular weight is 464 g/mol. The second-order valence-electron chi connectivity index (χ2n) is 6.08. The Kier molecular flexibility index (Phi) is 17.4. The van der Waals surface area contributed by atoms with E-state index in [4.69, 9.17) is 21.4 Å². The van der Waals surface area contributed by atoms with Crippen LogP contribution in [0, 0.1) is 0 Å². The smallest absolute Gasteiger partial charge is 0.673 e. The maximum Gasteiger partial charge on any atom is 2.00 e. The minimum Gasteiger partial charge on any atom is -0.673 e. The van der Waals surface area contributed by atoms with Gasteiger partial charge in [-0.3, -0.25) is 9.59 Å². The van der Waals surface area contributed by atoms with Crippen LogP contribution in [0.1, 0.15) is 32.6 Å². The van der Waals surface area contributed by atoms with Gasteiger partial charge >= 0.3 is 17.1 Å². The van der Waals surface area contributed by atoms with Gasteiger partial charge in [-0.2, -0.15) is 0 Å². The molecule has 0 spiro atoms. The summed E-state index contributed by atoms with van der Waals surface area (Å²) in [5.41, 5.74) is 12.4. The molecule has 1 heterocycles. The molecule has 1 radical (unpaired) electrons. The molecule has 3 atom stereocenters. The monoisotopic (exact) mass is 463 g/mol. The van der Waals surface area contributed by atoms with Gasteiger partial charge in [0.1, 0.15) is 0 Å². The number of aliphatic carboxylic acids is 2. The topological polar surface area (TPSA) is 214 Å². The van der Waals surface area contributed by atoms with E-state index < -0.39 is 42.4 Å². The molecule has 0 saturated carbocycles. The van der Waals surface area contributed by atoms with Crippen molar-refractivity contribution in [2.75, 3.05) is 26.3 Å². The second kappa shape index (κ2) is 17.1. The van der Waals surface area contributed by atoms with Crippen LogP contribution in [0.15, 0.2) is 0 Å². The summed E-state index contributed by atoms with van der Waals surface area (Å²) in [5, 5.41) is 31.9. The molecule has 0 aliphatic carbocycles. The van der Waals surface area contributed by atoms with Crippen molar-refractivity contribution in [2.45, 2.75) is 50.7 Å². The van der Waals surface area contributed by atoms with Crippen LogP contribution in [-0.4, -0.2) is 73.3 Å². The van der Waals surface area contributed by atoms with Gasteiger partial charge in [0.25, 0.3) is 5.97 Å². The van der Waals surface area contributed by atoms with Crippen LogP contribution in [0.5, 0.6) is 0 Å². The molecule has 13 heteroatoms. The van der Waals surface area contributed by atoms with Crippen molar-refractivity contribution >= 4 is 23.8 Å².